The van der Waals surface area contributed by atoms with Crippen LogP contribution in [0.2, 0.25) is 0 Å². The minimum atomic E-state index is -1.07. The summed E-state index contributed by atoms with van der Waals surface area (Å²) in [6.45, 7) is 3.14. The van der Waals surface area contributed by atoms with Gasteiger partial charge in [-0.3, -0.25) is 4.79 Å². The summed E-state index contributed by atoms with van der Waals surface area (Å²) in [7, 11) is 0. The zero-order valence-corrected chi connectivity index (χ0v) is 7.39. The molecule has 1 aromatic rings. The monoisotopic (exact) mass is 182 g/mol. The summed E-state index contributed by atoms with van der Waals surface area (Å²) in [5, 5.41) is 12.4. The van der Waals surface area contributed by atoms with Crippen LogP contribution >= 0.6 is 0 Å². The van der Waals surface area contributed by atoms with Crippen LogP contribution in [-0.2, 0) is 4.79 Å². The standard InChI is InChI=1S/C8H10N2O3/c1-5-3-7(11)10(9-4-5)6(2)8(12)13/h3-4,6H,1-2H3,(H,12,13). The van der Waals surface area contributed by atoms with Crippen molar-refractivity contribution < 1.29 is 9.90 Å². The molecule has 0 aliphatic rings. The van der Waals surface area contributed by atoms with Crippen LogP contribution in [0.25, 0.3) is 0 Å². The summed E-state index contributed by atoms with van der Waals surface area (Å²) in [6, 6.07) is 0.431. The number of aryl methyl sites for hydroxylation is 1. The molecule has 0 spiro atoms. The summed E-state index contributed by atoms with van der Waals surface area (Å²) in [5.41, 5.74) is 0.328. The lowest BCUT2D eigenvalue weighted by molar-refractivity contribution is -0.140. The number of carboxylic acids is 1. The van der Waals surface area contributed by atoms with Gasteiger partial charge in [0.1, 0.15) is 0 Å². The molecule has 1 unspecified atom stereocenters. The zero-order valence-electron chi connectivity index (χ0n) is 7.39. The summed E-state index contributed by atoms with van der Waals surface area (Å²) >= 11 is 0. The van der Waals surface area contributed by atoms with Crippen molar-refractivity contribution in [3.63, 3.8) is 0 Å². The highest BCUT2D eigenvalue weighted by Crippen LogP contribution is 1.99. The van der Waals surface area contributed by atoms with Crippen LogP contribution < -0.4 is 5.56 Å². The molecule has 0 amide bonds. The van der Waals surface area contributed by atoms with E-state index < -0.39 is 17.6 Å². The van der Waals surface area contributed by atoms with Crippen molar-refractivity contribution in [2.45, 2.75) is 19.9 Å². The maximum Gasteiger partial charge on any atom is 0.328 e. The van der Waals surface area contributed by atoms with Crippen LogP contribution in [0, 0.1) is 6.92 Å². The van der Waals surface area contributed by atoms with Crippen molar-refractivity contribution in [3.8, 4) is 0 Å². The molecule has 5 heteroatoms. The molecule has 0 fully saturated rings. The molecule has 13 heavy (non-hydrogen) atoms. The first-order chi connectivity index (χ1) is 6.02. The largest absolute Gasteiger partial charge is 0.480 e. The van der Waals surface area contributed by atoms with Gasteiger partial charge >= 0.3 is 5.97 Å². The number of aliphatic carboxylic acids is 1. The fourth-order valence-electron chi connectivity index (χ4n) is 0.904. The van der Waals surface area contributed by atoms with Crippen LogP contribution in [0.3, 0.4) is 0 Å². The van der Waals surface area contributed by atoms with Crippen molar-refractivity contribution >= 4 is 5.97 Å². The molecule has 5 nitrogen and oxygen atoms in total. The van der Waals surface area contributed by atoms with Gasteiger partial charge in [0, 0.05) is 6.07 Å². The lowest BCUT2D eigenvalue weighted by Gasteiger charge is -2.07. The molecular formula is C8H10N2O3. The van der Waals surface area contributed by atoms with Crippen LogP contribution in [0.15, 0.2) is 17.1 Å². The van der Waals surface area contributed by atoms with E-state index in [1.807, 2.05) is 0 Å². The van der Waals surface area contributed by atoms with E-state index in [2.05, 4.69) is 5.10 Å². The molecule has 1 N–H and O–H groups in total. The Morgan fingerprint density at radius 2 is 2.31 bits per heavy atom. The number of nitrogens with zero attached hydrogens (tertiary/aromatic N) is 2. The summed E-state index contributed by atoms with van der Waals surface area (Å²) in [4.78, 5) is 21.8. The third-order valence-corrected chi connectivity index (χ3v) is 1.69. The van der Waals surface area contributed by atoms with Gasteiger partial charge in [-0.15, -0.1) is 0 Å². The summed E-state index contributed by atoms with van der Waals surface area (Å²) < 4.78 is 0.940. The van der Waals surface area contributed by atoms with Crippen molar-refractivity contribution in [1.29, 1.82) is 0 Å². The smallest absolute Gasteiger partial charge is 0.328 e. The Hall–Kier alpha value is -1.65. The maximum absolute atomic E-state index is 11.2. The van der Waals surface area contributed by atoms with Gasteiger partial charge in [0.2, 0.25) is 0 Å². The molecule has 1 rings (SSSR count). The Morgan fingerprint density at radius 1 is 1.69 bits per heavy atom. The SMILES string of the molecule is Cc1cnn(C(C)C(=O)O)c(=O)c1. The van der Waals surface area contributed by atoms with Crippen molar-refractivity contribution in [2.24, 2.45) is 0 Å². The highest BCUT2D eigenvalue weighted by atomic mass is 16.4. The van der Waals surface area contributed by atoms with Crippen LogP contribution in [0.5, 0.6) is 0 Å². The second-order valence-corrected chi connectivity index (χ2v) is 2.83. The van der Waals surface area contributed by atoms with E-state index in [1.54, 1.807) is 6.92 Å². The fourth-order valence-corrected chi connectivity index (χ4v) is 0.904. The molecular weight excluding hydrogens is 172 g/mol. The summed E-state index contributed by atoms with van der Waals surface area (Å²) in [6.07, 6.45) is 1.46. The van der Waals surface area contributed by atoms with Crippen LogP contribution in [-0.4, -0.2) is 20.9 Å². The lowest BCUT2D eigenvalue weighted by Crippen LogP contribution is -2.29. The third kappa shape index (κ3) is 1.93. The van der Waals surface area contributed by atoms with Gasteiger partial charge in [-0.1, -0.05) is 0 Å². The van der Waals surface area contributed by atoms with Gasteiger partial charge < -0.3 is 5.11 Å². The zero-order chi connectivity index (χ0) is 10.0. The van der Waals surface area contributed by atoms with Gasteiger partial charge in [0.05, 0.1) is 6.20 Å². The fraction of sp³-hybridized carbons (Fsp3) is 0.375. The van der Waals surface area contributed by atoms with E-state index in [1.165, 1.54) is 19.2 Å². The van der Waals surface area contributed by atoms with Gasteiger partial charge in [-0.05, 0) is 19.4 Å². The van der Waals surface area contributed by atoms with E-state index in [9.17, 15) is 9.59 Å². The van der Waals surface area contributed by atoms with E-state index >= 15 is 0 Å². The van der Waals surface area contributed by atoms with Crippen molar-refractivity contribution in [1.82, 2.24) is 9.78 Å². The maximum atomic E-state index is 11.2. The average molecular weight is 182 g/mol. The molecule has 1 aromatic heterocycles. The van der Waals surface area contributed by atoms with Crippen molar-refractivity contribution in [2.75, 3.05) is 0 Å². The normalized spacial score (nSPS) is 12.5. The average Bonchev–Trinajstić information content (AvgIpc) is 2.03. The molecule has 0 saturated carbocycles. The van der Waals surface area contributed by atoms with E-state index in [4.69, 9.17) is 5.11 Å². The minimum Gasteiger partial charge on any atom is -0.480 e. The Balaban J connectivity index is 3.16. The number of aromatic nitrogens is 2. The Morgan fingerprint density at radius 3 is 2.77 bits per heavy atom. The number of carbonyl (C=O) groups is 1. The molecule has 0 saturated heterocycles. The molecule has 70 valence electrons. The number of hydrogen-bond acceptors (Lipinski definition) is 3. The second-order valence-electron chi connectivity index (χ2n) is 2.83. The first kappa shape index (κ1) is 9.44. The molecule has 0 aliphatic heterocycles. The third-order valence-electron chi connectivity index (χ3n) is 1.69. The number of carboxylic acid groups (broad SMARTS) is 1. The van der Waals surface area contributed by atoms with E-state index in [-0.39, 0.29) is 0 Å². The molecule has 0 bridgehead atoms. The second kappa shape index (κ2) is 3.38. The molecule has 1 atom stereocenters. The topological polar surface area (TPSA) is 72.2 Å². The highest BCUT2D eigenvalue weighted by Gasteiger charge is 2.14. The molecule has 0 aromatic carbocycles. The Kier molecular flexibility index (Phi) is 2.46. The van der Waals surface area contributed by atoms with Gasteiger partial charge in [0.25, 0.3) is 5.56 Å². The molecule has 0 radical (unpaired) electrons. The first-order valence-electron chi connectivity index (χ1n) is 3.80. The first-order valence-corrected chi connectivity index (χ1v) is 3.80. The lowest BCUT2D eigenvalue weighted by atomic mass is 10.3. The minimum absolute atomic E-state index is 0.394. The van der Waals surface area contributed by atoms with Gasteiger partial charge in [-0.2, -0.15) is 5.10 Å². The quantitative estimate of drug-likeness (QED) is 0.709. The summed E-state index contributed by atoms with van der Waals surface area (Å²) in [5.74, 6) is -1.07. The predicted octanol–water partition coefficient (Wildman–Crippen LogP) is 0.197. The Labute approximate surface area is 74.6 Å². The van der Waals surface area contributed by atoms with Crippen LogP contribution in [0.4, 0.5) is 0 Å². The molecule has 0 aliphatic carbocycles. The van der Waals surface area contributed by atoms with Gasteiger partial charge in [0.15, 0.2) is 6.04 Å². The van der Waals surface area contributed by atoms with Gasteiger partial charge in [-0.25, -0.2) is 9.48 Å². The highest BCUT2D eigenvalue weighted by molar-refractivity contribution is 5.71. The predicted molar refractivity (Wildman–Crippen MR) is 45.6 cm³/mol. The Bertz CT molecular complexity index is 383. The molecule has 1 heterocycles. The van der Waals surface area contributed by atoms with Crippen LogP contribution in [0.1, 0.15) is 18.5 Å². The van der Waals surface area contributed by atoms with E-state index in [0.29, 0.717) is 0 Å². The number of hydrogen-bond donors (Lipinski definition) is 1. The number of rotatable bonds is 2. The van der Waals surface area contributed by atoms with E-state index in [0.717, 1.165) is 10.2 Å². The van der Waals surface area contributed by atoms with Crippen molar-refractivity contribution in [3.05, 3.63) is 28.2 Å².